The highest BCUT2D eigenvalue weighted by Gasteiger charge is 2.48. The molecule has 0 saturated carbocycles. The summed E-state index contributed by atoms with van der Waals surface area (Å²) < 4.78 is 0. The molecule has 28 heavy (non-hydrogen) atoms. The molecule has 1 fully saturated rings. The normalized spacial score (nSPS) is 18.6. The number of carbonyl (C=O) groups is 2. The number of aromatic amines is 2. The summed E-state index contributed by atoms with van der Waals surface area (Å²) in [6.45, 7) is 7.91. The summed E-state index contributed by atoms with van der Waals surface area (Å²) >= 11 is 0. The quantitative estimate of drug-likeness (QED) is 0.847. The number of rotatable bonds is 3. The molecule has 1 saturated heterocycles. The summed E-state index contributed by atoms with van der Waals surface area (Å²) in [5, 5.41) is 7.16. The number of piperidine rings is 1. The molecule has 2 aromatic heterocycles. The average Bonchev–Trinajstić information content (AvgIpc) is 3.38. The fourth-order valence-corrected chi connectivity index (χ4v) is 4.52. The van der Waals surface area contributed by atoms with Crippen molar-refractivity contribution in [2.24, 2.45) is 0 Å². The zero-order chi connectivity index (χ0) is 19.9. The maximum absolute atomic E-state index is 12.9. The fourth-order valence-electron chi connectivity index (χ4n) is 4.52. The van der Waals surface area contributed by atoms with E-state index in [0.29, 0.717) is 50.5 Å². The highest BCUT2D eigenvalue weighted by molar-refractivity contribution is 5.92. The van der Waals surface area contributed by atoms with Crippen molar-refractivity contribution in [2.75, 3.05) is 19.6 Å². The molecule has 0 radical (unpaired) electrons. The molecule has 0 aromatic carbocycles. The molecular formula is C20H28N6O2. The minimum Gasteiger partial charge on any atom is -0.348 e. The van der Waals surface area contributed by atoms with Crippen LogP contribution in [0.25, 0.3) is 0 Å². The Morgan fingerprint density at radius 3 is 2.64 bits per heavy atom. The maximum atomic E-state index is 12.9. The first kappa shape index (κ1) is 18.7. The van der Waals surface area contributed by atoms with Crippen LogP contribution in [0.2, 0.25) is 0 Å². The van der Waals surface area contributed by atoms with Gasteiger partial charge in [-0.15, -0.1) is 0 Å². The van der Waals surface area contributed by atoms with Crippen molar-refractivity contribution in [1.82, 2.24) is 30.0 Å². The summed E-state index contributed by atoms with van der Waals surface area (Å²) in [6.07, 6.45) is 4.40. The third kappa shape index (κ3) is 2.91. The lowest BCUT2D eigenvalue weighted by Gasteiger charge is -2.50. The molecule has 0 bridgehead atoms. The molecule has 1 spiro atoms. The smallest absolute Gasteiger partial charge is 0.274 e. The zero-order valence-corrected chi connectivity index (χ0v) is 16.8. The molecule has 2 N–H and O–H groups in total. The van der Waals surface area contributed by atoms with E-state index in [4.69, 9.17) is 0 Å². The van der Waals surface area contributed by atoms with Crippen molar-refractivity contribution in [3.8, 4) is 0 Å². The van der Waals surface area contributed by atoms with Crippen LogP contribution in [0.1, 0.15) is 73.5 Å². The number of fused-ring (bicyclic) bond motifs is 2. The van der Waals surface area contributed by atoms with Gasteiger partial charge in [-0.2, -0.15) is 5.10 Å². The molecule has 4 heterocycles. The van der Waals surface area contributed by atoms with E-state index in [2.05, 4.69) is 34.0 Å². The van der Waals surface area contributed by atoms with Crippen molar-refractivity contribution in [3.63, 3.8) is 0 Å². The highest BCUT2D eigenvalue weighted by atomic mass is 16.2. The summed E-state index contributed by atoms with van der Waals surface area (Å²) in [7, 11) is 0. The molecule has 8 nitrogen and oxygen atoms in total. The molecule has 2 aliphatic heterocycles. The Morgan fingerprint density at radius 1 is 1.25 bits per heavy atom. The molecule has 0 aliphatic carbocycles. The first-order valence-electron chi connectivity index (χ1n) is 10.1. The van der Waals surface area contributed by atoms with E-state index in [1.807, 2.05) is 22.8 Å². The van der Waals surface area contributed by atoms with Crippen molar-refractivity contribution in [3.05, 3.63) is 35.2 Å². The van der Waals surface area contributed by atoms with E-state index in [1.54, 1.807) is 6.33 Å². The minimum absolute atomic E-state index is 0.0515. The second-order valence-electron chi connectivity index (χ2n) is 8.07. The third-order valence-electron chi connectivity index (χ3n) is 6.18. The molecule has 0 unspecified atom stereocenters. The molecule has 4 rings (SSSR count). The first-order chi connectivity index (χ1) is 13.5. The van der Waals surface area contributed by atoms with Crippen molar-refractivity contribution in [2.45, 2.75) is 57.9 Å². The lowest BCUT2D eigenvalue weighted by atomic mass is 9.78. The van der Waals surface area contributed by atoms with Gasteiger partial charge in [0.2, 0.25) is 5.91 Å². The number of likely N-dealkylation sites (tertiary alicyclic amines) is 1. The number of carbonyl (C=O) groups excluding carboxylic acids is 2. The zero-order valence-electron chi connectivity index (χ0n) is 16.8. The Morgan fingerprint density at radius 2 is 2.00 bits per heavy atom. The van der Waals surface area contributed by atoms with Gasteiger partial charge < -0.3 is 14.8 Å². The minimum atomic E-state index is -0.411. The van der Waals surface area contributed by atoms with Gasteiger partial charge in [0.15, 0.2) is 0 Å². The van der Waals surface area contributed by atoms with E-state index in [9.17, 15) is 9.59 Å². The van der Waals surface area contributed by atoms with Gasteiger partial charge in [0.05, 0.1) is 17.6 Å². The first-order valence-corrected chi connectivity index (χ1v) is 10.1. The number of hydrogen-bond donors (Lipinski definition) is 2. The number of nitrogens with zero attached hydrogens (tertiary/aromatic N) is 4. The summed E-state index contributed by atoms with van der Waals surface area (Å²) in [4.78, 5) is 37.3. The molecule has 0 atom stereocenters. The van der Waals surface area contributed by atoms with Crippen LogP contribution in [0.3, 0.4) is 0 Å². The highest BCUT2D eigenvalue weighted by Crippen LogP contribution is 2.42. The van der Waals surface area contributed by atoms with Gasteiger partial charge in [-0.05, 0) is 24.8 Å². The Balaban J connectivity index is 1.56. The monoisotopic (exact) mass is 384 g/mol. The predicted molar refractivity (Wildman–Crippen MR) is 104 cm³/mol. The van der Waals surface area contributed by atoms with E-state index < -0.39 is 5.54 Å². The number of amides is 2. The number of aromatic nitrogens is 4. The average molecular weight is 384 g/mol. The van der Waals surface area contributed by atoms with Gasteiger partial charge in [0.1, 0.15) is 5.69 Å². The number of nitrogens with one attached hydrogen (secondary N) is 2. The van der Waals surface area contributed by atoms with Gasteiger partial charge in [0, 0.05) is 43.9 Å². The van der Waals surface area contributed by atoms with Crippen LogP contribution in [0.5, 0.6) is 0 Å². The molecule has 2 amide bonds. The van der Waals surface area contributed by atoms with E-state index in [1.165, 1.54) is 0 Å². The van der Waals surface area contributed by atoms with Crippen LogP contribution in [-0.4, -0.2) is 61.4 Å². The summed E-state index contributed by atoms with van der Waals surface area (Å²) in [6, 6.07) is 1.84. The Hall–Kier alpha value is -2.64. The van der Waals surface area contributed by atoms with Gasteiger partial charge in [-0.3, -0.25) is 14.7 Å². The van der Waals surface area contributed by atoms with Gasteiger partial charge in [-0.1, -0.05) is 20.8 Å². The number of imidazole rings is 1. The Labute approximate surface area is 164 Å². The van der Waals surface area contributed by atoms with Gasteiger partial charge in [-0.25, -0.2) is 4.98 Å². The fraction of sp³-hybridized carbons (Fsp3) is 0.600. The third-order valence-corrected chi connectivity index (χ3v) is 6.18. The maximum Gasteiger partial charge on any atom is 0.274 e. The predicted octanol–water partition coefficient (Wildman–Crippen LogP) is 2.18. The lowest BCUT2D eigenvalue weighted by Crippen LogP contribution is -2.58. The second kappa shape index (κ2) is 7.07. The standard InChI is InChI=1S/C20H28N6O2/c1-4-17(27)26-8-5-14-18(22-12-21-14)20(26)6-9-25(10-7-20)19(28)16-11-15(13(2)3)23-24-16/h11-13H,4-10H2,1-3H3,(H,21,22)(H,23,24). The number of H-pyrrole nitrogens is 2. The van der Waals surface area contributed by atoms with Crippen molar-refractivity contribution >= 4 is 11.8 Å². The van der Waals surface area contributed by atoms with Crippen LogP contribution >= 0.6 is 0 Å². The van der Waals surface area contributed by atoms with Gasteiger partial charge in [0.25, 0.3) is 5.91 Å². The van der Waals surface area contributed by atoms with Crippen molar-refractivity contribution < 1.29 is 9.59 Å². The lowest BCUT2D eigenvalue weighted by molar-refractivity contribution is -0.141. The molecule has 8 heteroatoms. The van der Waals surface area contributed by atoms with Crippen LogP contribution in [-0.2, 0) is 16.8 Å². The SMILES string of the molecule is CCC(=O)N1CCc2[nH]cnc2C12CCN(C(=O)c1cc(C(C)C)[nH]n1)CC2. The Kier molecular flexibility index (Phi) is 4.72. The van der Waals surface area contributed by atoms with E-state index in [0.717, 1.165) is 23.5 Å². The van der Waals surface area contributed by atoms with Crippen LogP contribution in [0, 0.1) is 0 Å². The second-order valence-corrected chi connectivity index (χ2v) is 8.07. The van der Waals surface area contributed by atoms with Crippen LogP contribution in [0.15, 0.2) is 12.4 Å². The van der Waals surface area contributed by atoms with Crippen LogP contribution in [0.4, 0.5) is 0 Å². The Bertz CT molecular complexity index is 875. The topological polar surface area (TPSA) is 98.0 Å². The summed E-state index contributed by atoms with van der Waals surface area (Å²) in [5.41, 5.74) is 3.12. The molecule has 2 aromatic rings. The van der Waals surface area contributed by atoms with Crippen molar-refractivity contribution in [1.29, 1.82) is 0 Å². The van der Waals surface area contributed by atoms with E-state index >= 15 is 0 Å². The van der Waals surface area contributed by atoms with E-state index in [-0.39, 0.29) is 11.8 Å². The summed E-state index contributed by atoms with van der Waals surface area (Å²) in [5.74, 6) is 0.402. The molecule has 150 valence electrons. The van der Waals surface area contributed by atoms with Crippen LogP contribution < -0.4 is 0 Å². The largest absolute Gasteiger partial charge is 0.348 e. The molecule has 2 aliphatic rings. The molecular weight excluding hydrogens is 356 g/mol. The number of hydrogen-bond acceptors (Lipinski definition) is 4. The van der Waals surface area contributed by atoms with Gasteiger partial charge >= 0.3 is 0 Å².